The van der Waals surface area contributed by atoms with Crippen LogP contribution in [0.1, 0.15) is 19.8 Å². The first-order valence-corrected chi connectivity index (χ1v) is 6.52. The van der Waals surface area contributed by atoms with Crippen molar-refractivity contribution in [1.29, 1.82) is 0 Å². The Labute approximate surface area is 89.4 Å². The van der Waals surface area contributed by atoms with E-state index < -0.39 is 9.84 Å². The predicted molar refractivity (Wildman–Crippen MR) is 58.0 cm³/mol. The van der Waals surface area contributed by atoms with Crippen LogP contribution >= 0.6 is 0 Å². The summed E-state index contributed by atoms with van der Waals surface area (Å²) in [5, 5.41) is -0.253. The van der Waals surface area contributed by atoms with Crippen LogP contribution in [0.25, 0.3) is 0 Å². The molecule has 0 spiro atoms. The van der Waals surface area contributed by atoms with Gasteiger partial charge >= 0.3 is 0 Å². The fourth-order valence-corrected chi connectivity index (χ4v) is 3.97. The van der Waals surface area contributed by atoms with Gasteiger partial charge in [-0.05, 0) is 30.9 Å². The summed E-state index contributed by atoms with van der Waals surface area (Å²) in [4.78, 5) is 3.87. The molecule has 82 valence electrons. The predicted octanol–water partition coefficient (Wildman–Crippen LogP) is 1.24. The second kappa shape index (κ2) is 3.48. The van der Waals surface area contributed by atoms with Gasteiger partial charge in [-0.15, -0.1) is 0 Å². The van der Waals surface area contributed by atoms with Crippen molar-refractivity contribution >= 4 is 15.5 Å². The normalized spacial score (nSPS) is 25.9. The smallest absolute Gasteiger partial charge is 0.200 e. The number of pyridine rings is 1. The van der Waals surface area contributed by atoms with Crippen molar-refractivity contribution in [3.05, 3.63) is 18.3 Å². The largest absolute Gasteiger partial charge is 0.396 e. The van der Waals surface area contributed by atoms with Crippen LogP contribution < -0.4 is 5.73 Å². The number of hydrogen-bond donors (Lipinski definition) is 1. The van der Waals surface area contributed by atoms with Gasteiger partial charge < -0.3 is 5.73 Å². The van der Waals surface area contributed by atoms with Crippen molar-refractivity contribution in [3.8, 4) is 0 Å². The molecule has 1 heterocycles. The molecule has 1 fully saturated rings. The van der Waals surface area contributed by atoms with Gasteiger partial charge in [-0.3, -0.25) is 0 Å². The second-order valence-corrected chi connectivity index (χ2v) is 6.12. The number of rotatable bonds is 2. The molecule has 4 nitrogen and oxygen atoms in total. The molecule has 0 bridgehead atoms. The molecule has 2 atom stereocenters. The van der Waals surface area contributed by atoms with E-state index in [9.17, 15) is 8.42 Å². The Bertz CT molecular complexity index is 470. The van der Waals surface area contributed by atoms with Crippen LogP contribution in [0.2, 0.25) is 0 Å². The molecule has 0 aromatic carbocycles. The minimum Gasteiger partial charge on any atom is -0.396 e. The van der Waals surface area contributed by atoms with Crippen molar-refractivity contribution in [1.82, 2.24) is 4.98 Å². The lowest BCUT2D eigenvalue weighted by molar-refractivity contribution is 0.343. The van der Waals surface area contributed by atoms with Gasteiger partial charge in [-0.25, -0.2) is 13.4 Å². The van der Waals surface area contributed by atoms with Crippen molar-refractivity contribution in [2.75, 3.05) is 5.73 Å². The van der Waals surface area contributed by atoms with E-state index in [0.29, 0.717) is 0 Å². The lowest BCUT2D eigenvalue weighted by atomic mass is 9.87. The van der Waals surface area contributed by atoms with Crippen LogP contribution in [0.15, 0.2) is 23.4 Å². The van der Waals surface area contributed by atoms with Crippen molar-refractivity contribution < 1.29 is 8.42 Å². The number of anilines is 1. The zero-order valence-corrected chi connectivity index (χ0v) is 9.37. The monoisotopic (exact) mass is 226 g/mol. The van der Waals surface area contributed by atoms with Crippen molar-refractivity contribution in [2.24, 2.45) is 5.92 Å². The van der Waals surface area contributed by atoms with Crippen LogP contribution in [0.4, 0.5) is 5.69 Å². The van der Waals surface area contributed by atoms with E-state index in [1.807, 2.05) is 6.92 Å². The molecular weight excluding hydrogens is 212 g/mol. The fraction of sp³-hybridized carbons (Fsp3) is 0.500. The van der Waals surface area contributed by atoms with Gasteiger partial charge in [0.2, 0.25) is 9.84 Å². The van der Waals surface area contributed by atoms with Gasteiger partial charge in [-0.2, -0.15) is 0 Å². The van der Waals surface area contributed by atoms with E-state index in [4.69, 9.17) is 5.73 Å². The minimum absolute atomic E-state index is 0.0431. The summed E-state index contributed by atoms with van der Waals surface area (Å²) in [6.07, 6.45) is 3.16. The number of aromatic nitrogens is 1. The number of nitrogen functional groups attached to an aromatic ring is 1. The first-order chi connectivity index (χ1) is 7.03. The molecule has 0 radical (unpaired) electrons. The summed E-state index contributed by atoms with van der Waals surface area (Å²) in [7, 11) is -3.32. The minimum atomic E-state index is -3.32. The standard InChI is InChI=1S/C10H14N2O2S/c1-7-4-5-9(7)15(13,14)10-8(11)3-2-6-12-10/h2-3,6-7,9H,4-5,11H2,1H3/t7-,9?/m1/s1. The molecule has 0 aliphatic heterocycles. The molecule has 1 aliphatic carbocycles. The maximum atomic E-state index is 12.1. The molecule has 2 rings (SSSR count). The average molecular weight is 226 g/mol. The summed E-state index contributed by atoms with van der Waals surface area (Å²) in [6.45, 7) is 1.95. The number of nitrogens with zero attached hydrogens (tertiary/aromatic N) is 1. The van der Waals surface area contributed by atoms with E-state index >= 15 is 0 Å². The molecule has 5 heteroatoms. The quantitative estimate of drug-likeness (QED) is 0.823. The number of sulfone groups is 1. The molecule has 1 aromatic rings. The molecule has 0 saturated heterocycles. The Balaban J connectivity index is 2.42. The molecule has 1 aromatic heterocycles. The van der Waals surface area contributed by atoms with E-state index in [2.05, 4.69) is 4.98 Å². The summed E-state index contributed by atoms with van der Waals surface area (Å²) in [5.74, 6) is 0.219. The third-order valence-electron chi connectivity index (χ3n) is 3.01. The second-order valence-electron chi connectivity index (χ2n) is 4.04. The van der Waals surface area contributed by atoms with E-state index in [-0.39, 0.29) is 21.9 Å². The molecule has 2 N–H and O–H groups in total. The molecule has 1 aliphatic rings. The summed E-state index contributed by atoms with van der Waals surface area (Å²) < 4.78 is 24.2. The Morgan fingerprint density at radius 3 is 2.67 bits per heavy atom. The lowest BCUT2D eigenvalue weighted by Gasteiger charge is -2.32. The molecular formula is C10H14N2O2S. The zero-order chi connectivity index (χ0) is 11.1. The van der Waals surface area contributed by atoms with E-state index in [1.165, 1.54) is 6.20 Å². The highest BCUT2D eigenvalue weighted by Crippen LogP contribution is 2.36. The highest BCUT2D eigenvalue weighted by atomic mass is 32.2. The lowest BCUT2D eigenvalue weighted by Crippen LogP contribution is -2.37. The van der Waals surface area contributed by atoms with Crippen LogP contribution in [0.3, 0.4) is 0 Å². The first-order valence-electron chi connectivity index (χ1n) is 4.98. The number of hydrogen-bond acceptors (Lipinski definition) is 4. The fourth-order valence-electron chi connectivity index (χ4n) is 1.88. The Kier molecular flexibility index (Phi) is 2.42. The van der Waals surface area contributed by atoms with Gasteiger partial charge in [0.15, 0.2) is 5.03 Å². The average Bonchev–Trinajstić information content (AvgIpc) is 2.15. The molecule has 1 saturated carbocycles. The third kappa shape index (κ3) is 1.61. The Morgan fingerprint density at radius 2 is 2.20 bits per heavy atom. The van der Waals surface area contributed by atoms with Crippen LogP contribution in [0, 0.1) is 5.92 Å². The van der Waals surface area contributed by atoms with Gasteiger partial charge in [0.25, 0.3) is 0 Å². The first kappa shape index (κ1) is 10.4. The molecule has 0 amide bonds. The van der Waals surface area contributed by atoms with E-state index in [0.717, 1.165) is 12.8 Å². The number of nitrogens with two attached hydrogens (primary N) is 1. The summed E-state index contributed by atoms with van der Waals surface area (Å²) >= 11 is 0. The van der Waals surface area contributed by atoms with Crippen molar-refractivity contribution in [3.63, 3.8) is 0 Å². The van der Waals surface area contributed by atoms with E-state index in [1.54, 1.807) is 12.1 Å². The zero-order valence-electron chi connectivity index (χ0n) is 8.55. The van der Waals surface area contributed by atoms with Crippen molar-refractivity contribution in [2.45, 2.75) is 30.0 Å². The Hall–Kier alpha value is -1.10. The van der Waals surface area contributed by atoms with Gasteiger partial charge in [0, 0.05) is 6.20 Å². The Morgan fingerprint density at radius 1 is 1.47 bits per heavy atom. The third-order valence-corrected chi connectivity index (χ3v) is 5.39. The maximum Gasteiger partial charge on any atom is 0.200 e. The molecule has 1 unspecified atom stereocenters. The topological polar surface area (TPSA) is 73.0 Å². The summed E-state index contributed by atoms with van der Waals surface area (Å²) in [6, 6.07) is 3.21. The van der Waals surface area contributed by atoms with Gasteiger partial charge in [0.05, 0.1) is 10.9 Å². The SMILES string of the molecule is C[C@@H]1CCC1S(=O)(=O)c1ncccc1N. The van der Waals surface area contributed by atoms with Crippen LogP contribution in [0.5, 0.6) is 0 Å². The maximum absolute atomic E-state index is 12.1. The van der Waals surface area contributed by atoms with Crippen LogP contribution in [-0.4, -0.2) is 18.7 Å². The van der Waals surface area contributed by atoms with Gasteiger partial charge in [-0.1, -0.05) is 6.92 Å². The van der Waals surface area contributed by atoms with Gasteiger partial charge in [0.1, 0.15) is 0 Å². The highest BCUT2D eigenvalue weighted by Gasteiger charge is 2.40. The van der Waals surface area contributed by atoms with Crippen LogP contribution in [-0.2, 0) is 9.84 Å². The summed E-state index contributed by atoms with van der Waals surface area (Å²) in [5.41, 5.74) is 5.87. The highest BCUT2D eigenvalue weighted by molar-refractivity contribution is 7.92. The molecule has 15 heavy (non-hydrogen) atoms.